The van der Waals surface area contributed by atoms with E-state index in [0.29, 0.717) is 17.0 Å². The second kappa shape index (κ2) is 7.62. The molecule has 4 aromatic rings. The fraction of sp³-hybridized carbons (Fsp3) is 0.227. The minimum Gasteiger partial charge on any atom is -0.496 e. The number of benzene rings is 1. The molecule has 0 amide bonds. The number of hydrogen-bond donors (Lipinski definition) is 1. The van der Waals surface area contributed by atoms with Crippen LogP contribution in [0.4, 0.5) is 15.9 Å². The lowest BCUT2D eigenvalue weighted by molar-refractivity contribution is 0.413. The van der Waals surface area contributed by atoms with E-state index in [1.807, 2.05) is 30.6 Å². The molecule has 8 heteroatoms. The number of aromatic amines is 1. The van der Waals surface area contributed by atoms with Gasteiger partial charge in [0.25, 0.3) is 0 Å². The smallest absolute Gasteiger partial charge is 0.158 e. The molecule has 0 bridgehead atoms. The van der Waals surface area contributed by atoms with Crippen molar-refractivity contribution in [3.63, 3.8) is 0 Å². The van der Waals surface area contributed by atoms with E-state index in [1.54, 1.807) is 18.3 Å². The number of fused-ring (bicyclic) bond motifs is 1. The Balaban J connectivity index is 1.45. The van der Waals surface area contributed by atoms with Crippen LogP contribution in [0.2, 0.25) is 0 Å². The molecular formula is C22H21FN6O. The number of piperazine rings is 1. The van der Waals surface area contributed by atoms with Gasteiger partial charge in [-0.2, -0.15) is 5.10 Å². The van der Waals surface area contributed by atoms with Gasteiger partial charge in [0.15, 0.2) is 5.82 Å². The van der Waals surface area contributed by atoms with Crippen LogP contribution in [0, 0.1) is 5.82 Å². The first kappa shape index (κ1) is 18.4. The van der Waals surface area contributed by atoms with Crippen molar-refractivity contribution in [1.82, 2.24) is 20.2 Å². The molecule has 152 valence electrons. The van der Waals surface area contributed by atoms with Gasteiger partial charge in [-0.1, -0.05) is 6.07 Å². The predicted octanol–water partition coefficient (Wildman–Crippen LogP) is 3.49. The van der Waals surface area contributed by atoms with Gasteiger partial charge in [0.1, 0.15) is 11.6 Å². The molecule has 0 spiro atoms. The standard InChI is InChI=1S/C22H21FN6O/c1-30-20-4-2-3-17(23)21(20)18-13-16-19(14-25-18)26-27-22(16)29-11-9-28(10-12-29)15-5-7-24-8-6-15/h2-8,13-14H,9-12H2,1H3,(H,26,27). The van der Waals surface area contributed by atoms with Gasteiger partial charge >= 0.3 is 0 Å². The van der Waals surface area contributed by atoms with Crippen molar-refractivity contribution >= 4 is 22.4 Å². The molecule has 0 unspecified atom stereocenters. The number of hydrogen-bond acceptors (Lipinski definition) is 6. The Labute approximate surface area is 173 Å². The monoisotopic (exact) mass is 404 g/mol. The largest absolute Gasteiger partial charge is 0.496 e. The molecule has 1 fully saturated rings. The minimum atomic E-state index is -0.364. The highest BCUT2D eigenvalue weighted by Crippen LogP contribution is 2.34. The maximum Gasteiger partial charge on any atom is 0.158 e. The zero-order valence-corrected chi connectivity index (χ0v) is 16.5. The Bertz CT molecular complexity index is 1170. The highest BCUT2D eigenvalue weighted by Gasteiger charge is 2.22. The molecule has 1 aliphatic heterocycles. The van der Waals surface area contributed by atoms with Crippen LogP contribution in [0.25, 0.3) is 22.2 Å². The molecule has 1 aromatic carbocycles. The number of ether oxygens (including phenoxy) is 1. The normalized spacial score (nSPS) is 14.3. The lowest BCUT2D eigenvalue weighted by atomic mass is 10.1. The molecule has 5 rings (SSSR count). The van der Waals surface area contributed by atoms with E-state index in [4.69, 9.17) is 4.74 Å². The number of aromatic nitrogens is 4. The van der Waals surface area contributed by atoms with E-state index >= 15 is 0 Å². The number of rotatable bonds is 4. The number of nitrogens with one attached hydrogen (secondary N) is 1. The summed E-state index contributed by atoms with van der Waals surface area (Å²) >= 11 is 0. The number of anilines is 2. The molecule has 0 aliphatic carbocycles. The first-order valence-electron chi connectivity index (χ1n) is 9.81. The van der Waals surface area contributed by atoms with Gasteiger partial charge in [0.2, 0.25) is 0 Å². The Kier molecular flexibility index (Phi) is 4.66. The van der Waals surface area contributed by atoms with Gasteiger partial charge in [-0.3, -0.25) is 15.1 Å². The fourth-order valence-electron chi connectivity index (χ4n) is 3.93. The first-order chi connectivity index (χ1) is 14.7. The molecule has 30 heavy (non-hydrogen) atoms. The van der Waals surface area contributed by atoms with Crippen molar-refractivity contribution in [2.24, 2.45) is 0 Å². The van der Waals surface area contributed by atoms with Gasteiger partial charge < -0.3 is 14.5 Å². The minimum absolute atomic E-state index is 0.358. The topological polar surface area (TPSA) is 70.2 Å². The molecule has 0 saturated carbocycles. The summed E-state index contributed by atoms with van der Waals surface area (Å²) < 4.78 is 19.9. The number of nitrogens with zero attached hydrogens (tertiary/aromatic N) is 5. The summed E-state index contributed by atoms with van der Waals surface area (Å²) in [6.45, 7) is 3.45. The van der Waals surface area contributed by atoms with Gasteiger partial charge in [0.05, 0.1) is 30.1 Å². The first-order valence-corrected chi connectivity index (χ1v) is 9.81. The molecule has 4 heterocycles. The Morgan fingerprint density at radius 3 is 2.57 bits per heavy atom. The van der Waals surface area contributed by atoms with Crippen molar-refractivity contribution in [2.75, 3.05) is 43.1 Å². The average molecular weight is 404 g/mol. The highest BCUT2D eigenvalue weighted by atomic mass is 19.1. The summed E-state index contributed by atoms with van der Waals surface area (Å²) in [5.74, 6) is 0.952. The second-order valence-electron chi connectivity index (χ2n) is 7.16. The molecular weight excluding hydrogens is 383 g/mol. The molecule has 1 saturated heterocycles. The summed E-state index contributed by atoms with van der Waals surface area (Å²) in [5.41, 5.74) is 2.88. The Morgan fingerprint density at radius 1 is 1.03 bits per heavy atom. The summed E-state index contributed by atoms with van der Waals surface area (Å²) in [6, 6.07) is 10.7. The molecule has 3 aromatic heterocycles. The van der Waals surface area contributed by atoms with Gasteiger partial charge in [-0.25, -0.2) is 4.39 Å². The van der Waals surface area contributed by atoms with Crippen LogP contribution in [0.3, 0.4) is 0 Å². The maximum absolute atomic E-state index is 14.5. The Morgan fingerprint density at radius 2 is 1.80 bits per heavy atom. The van der Waals surface area contributed by atoms with Crippen LogP contribution < -0.4 is 14.5 Å². The second-order valence-corrected chi connectivity index (χ2v) is 7.16. The van der Waals surface area contributed by atoms with Gasteiger partial charge in [0, 0.05) is 49.6 Å². The van der Waals surface area contributed by atoms with E-state index in [0.717, 1.165) is 42.9 Å². The number of methoxy groups -OCH3 is 1. The van der Waals surface area contributed by atoms with Crippen molar-refractivity contribution in [3.05, 3.63) is 60.8 Å². The highest BCUT2D eigenvalue weighted by molar-refractivity contribution is 5.92. The molecule has 1 N–H and O–H groups in total. The van der Waals surface area contributed by atoms with Crippen LogP contribution in [-0.4, -0.2) is 53.5 Å². The molecule has 0 atom stereocenters. The molecule has 0 radical (unpaired) electrons. The zero-order chi connectivity index (χ0) is 20.5. The van der Waals surface area contributed by atoms with Crippen molar-refractivity contribution in [1.29, 1.82) is 0 Å². The third-order valence-corrected chi connectivity index (χ3v) is 5.49. The van der Waals surface area contributed by atoms with Crippen LogP contribution in [0.15, 0.2) is 55.0 Å². The van der Waals surface area contributed by atoms with E-state index in [-0.39, 0.29) is 5.82 Å². The molecule has 1 aliphatic rings. The number of halogens is 1. The number of pyridine rings is 2. The third kappa shape index (κ3) is 3.20. The van der Waals surface area contributed by atoms with E-state index in [2.05, 4.69) is 30.0 Å². The lowest BCUT2D eigenvalue weighted by Gasteiger charge is -2.36. The summed E-state index contributed by atoms with van der Waals surface area (Å²) in [7, 11) is 1.53. The zero-order valence-electron chi connectivity index (χ0n) is 16.5. The van der Waals surface area contributed by atoms with Crippen molar-refractivity contribution < 1.29 is 9.13 Å². The van der Waals surface area contributed by atoms with E-state index in [9.17, 15) is 4.39 Å². The fourth-order valence-corrected chi connectivity index (χ4v) is 3.93. The summed E-state index contributed by atoms with van der Waals surface area (Å²) in [4.78, 5) is 13.1. The van der Waals surface area contributed by atoms with Gasteiger partial charge in [-0.05, 0) is 30.3 Å². The van der Waals surface area contributed by atoms with Crippen LogP contribution in [0.5, 0.6) is 5.75 Å². The maximum atomic E-state index is 14.5. The average Bonchev–Trinajstić information content (AvgIpc) is 3.23. The van der Waals surface area contributed by atoms with E-state index < -0.39 is 0 Å². The predicted molar refractivity (Wildman–Crippen MR) is 114 cm³/mol. The summed E-state index contributed by atoms with van der Waals surface area (Å²) in [5, 5.41) is 8.49. The van der Waals surface area contributed by atoms with Crippen LogP contribution in [0.1, 0.15) is 0 Å². The van der Waals surface area contributed by atoms with Crippen molar-refractivity contribution in [2.45, 2.75) is 0 Å². The summed E-state index contributed by atoms with van der Waals surface area (Å²) in [6.07, 6.45) is 5.32. The van der Waals surface area contributed by atoms with Crippen molar-refractivity contribution in [3.8, 4) is 17.0 Å². The van der Waals surface area contributed by atoms with Crippen LogP contribution in [-0.2, 0) is 0 Å². The third-order valence-electron chi connectivity index (χ3n) is 5.49. The van der Waals surface area contributed by atoms with Crippen LogP contribution >= 0.6 is 0 Å². The number of H-pyrrole nitrogens is 1. The van der Waals surface area contributed by atoms with E-state index in [1.165, 1.54) is 18.9 Å². The molecule has 7 nitrogen and oxygen atoms in total. The Hall–Kier alpha value is -3.68. The van der Waals surface area contributed by atoms with Gasteiger partial charge in [-0.15, -0.1) is 0 Å². The lowest BCUT2D eigenvalue weighted by Crippen LogP contribution is -2.46. The quantitative estimate of drug-likeness (QED) is 0.562. The SMILES string of the molecule is COc1cccc(F)c1-c1cc2c(N3CCN(c4ccncc4)CC3)n[nH]c2cn1.